The van der Waals surface area contributed by atoms with E-state index in [0.29, 0.717) is 17.8 Å². The van der Waals surface area contributed by atoms with Crippen molar-refractivity contribution in [3.63, 3.8) is 0 Å². The normalized spacial score (nSPS) is 11.2. The third-order valence-corrected chi connectivity index (χ3v) is 4.20. The molecule has 0 bridgehead atoms. The summed E-state index contributed by atoms with van der Waals surface area (Å²) in [7, 11) is 0. The number of rotatable bonds is 4. The molecule has 0 fully saturated rings. The van der Waals surface area contributed by atoms with E-state index in [-0.39, 0.29) is 5.91 Å². The molecule has 24 heavy (non-hydrogen) atoms. The quantitative estimate of drug-likeness (QED) is 0.607. The standard InChI is InChI=1S/C19H18N4O/c1-13-12-23-10-4-6-16(18(23)22-13)19(24)20-9-8-14-11-21-17-7-3-2-5-15(14)17/h2-7,10-12,21H,8-9H2,1H3,(H,20,24). The number of nitrogens with zero attached hydrogens (tertiary/aromatic N) is 2. The number of pyridine rings is 1. The molecule has 0 spiro atoms. The van der Waals surface area contributed by atoms with Crippen LogP contribution in [-0.2, 0) is 6.42 Å². The highest BCUT2D eigenvalue weighted by molar-refractivity contribution is 5.99. The highest BCUT2D eigenvalue weighted by atomic mass is 16.1. The van der Waals surface area contributed by atoms with Gasteiger partial charge in [-0.25, -0.2) is 4.98 Å². The summed E-state index contributed by atoms with van der Waals surface area (Å²) < 4.78 is 1.88. The van der Waals surface area contributed by atoms with Gasteiger partial charge in [0.2, 0.25) is 0 Å². The number of fused-ring (bicyclic) bond motifs is 2. The Morgan fingerprint density at radius 3 is 3.04 bits per heavy atom. The molecule has 0 radical (unpaired) electrons. The monoisotopic (exact) mass is 318 g/mol. The minimum Gasteiger partial charge on any atom is -0.361 e. The molecular weight excluding hydrogens is 300 g/mol. The Morgan fingerprint density at radius 1 is 1.25 bits per heavy atom. The van der Waals surface area contributed by atoms with Crippen LogP contribution in [0.1, 0.15) is 21.6 Å². The molecule has 0 aliphatic rings. The van der Waals surface area contributed by atoms with Crippen molar-refractivity contribution in [2.45, 2.75) is 13.3 Å². The molecule has 0 atom stereocenters. The van der Waals surface area contributed by atoms with Crippen LogP contribution in [0.25, 0.3) is 16.6 Å². The number of carbonyl (C=O) groups is 1. The number of hydrogen-bond acceptors (Lipinski definition) is 2. The third-order valence-electron chi connectivity index (χ3n) is 4.20. The second-order valence-corrected chi connectivity index (χ2v) is 5.90. The van der Waals surface area contributed by atoms with E-state index < -0.39 is 0 Å². The zero-order valence-corrected chi connectivity index (χ0v) is 13.4. The van der Waals surface area contributed by atoms with Gasteiger partial charge in [-0.05, 0) is 37.1 Å². The number of aryl methyl sites for hydroxylation is 1. The lowest BCUT2D eigenvalue weighted by atomic mass is 10.1. The van der Waals surface area contributed by atoms with Crippen LogP contribution < -0.4 is 5.32 Å². The molecule has 4 rings (SSSR count). The van der Waals surface area contributed by atoms with Crippen LogP contribution in [0.4, 0.5) is 0 Å². The number of carbonyl (C=O) groups excluding carboxylic acids is 1. The van der Waals surface area contributed by atoms with Crippen molar-refractivity contribution in [1.82, 2.24) is 19.7 Å². The number of hydrogen-bond donors (Lipinski definition) is 2. The van der Waals surface area contributed by atoms with Crippen molar-refractivity contribution in [3.05, 3.63) is 71.8 Å². The fourth-order valence-corrected chi connectivity index (χ4v) is 3.06. The van der Waals surface area contributed by atoms with Crippen LogP contribution in [0.2, 0.25) is 0 Å². The Balaban J connectivity index is 1.48. The Bertz CT molecular complexity index is 1030. The molecular formula is C19H18N4O. The zero-order valence-electron chi connectivity index (χ0n) is 13.4. The first-order chi connectivity index (χ1) is 11.7. The van der Waals surface area contributed by atoms with Gasteiger partial charge in [0.25, 0.3) is 5.91 Å². The Kier molecular flexibility index (Phi) is 3.54. The maximum Gasteiger partial charge on any atom is 0.255 e. The first kappa shape index (κ1) is 14.5. The number of nitrogens with one attached hydrogen (secondary N) is 2. The lowest BCUT2D eigenvalue weighted by molar-refractivity contribution is 0.0955. The molecule has 0 aliphatic heterocycles. The highest BCUT2D eigenvalue weighted by Gasteiger charge is 2.12. The molecule has 3 aromatic heterocycles. The summed E-state index contributed by atoms with van der Waals surface area (Å²) in [5, 5.41) is 4.20. The first-order valence-electron chi connectivity index (χ1n) is 8.00. The summed E-state index contributed by atoms with van der Waals surface area (Å²) in [6.45, 7) is 2.51. The number of para-hydroxylation sites is 1. The van der Waals surface area contributed by atoms with Crippen LogP contribution in [0.5, 0.6) is 0 Å². The van der Waals surface area contributed by atoms with E-state index in [0.717, 1.165) is 17.6 Å². The number of aromatic nitrogens is 3. The number of benzene rings is 1. The predicted molar refractivity (Wildman–Crippen MR) is 94.3 cm³/mol. The van der Waals surface area contributed by atoms with E-state index in [4.69, 9.17) is 0 Å². The lowest BCUT2D eigenvalue weighted by Crippen LogP contribution is -2.26. The fourth-order valence-electron chi connectivity index (χ4n) is 3.06. The molecule has 120 valence electrons. The van der Waals surface area contributed by atoms with Crippen LogP contribution in [0, 0.1) is 6.92 Å². The van der Waals surface area contributed by atoms with Crippen LogP contribution >= 0.6 is 0 Å². The van der Waals surface area contributed by atoms with Gasteiger partial charge in [-0.1, -0.05) is 18.2 Å². The van der Waals surface area contributed by atoms with Gasteiger partial charge in [0.1, 0.15) is 5.65 Å². The van der Waals surface area contributed by atoms with Gasteiger partial charge in [0.05, 0.1) is 11.3 Å². The fraction of sp³-hybridized carbons (Fsp3) is 0.158. The van der Waals surface area contributed by atoms with Gasteiger partial charge in [-0.2, -0.15) is 0 Å². The highest BCUT2D eigenvalue weighted by Crippen LogP contribution is 2.18. The SMILES string of the molecule is Cc1cn2cccc(C(=O)NCCc3c[nH]c4ccccc34)c2n1. The summed E-state index contributed by atoms with van der Waals surface area (Å²) in [5.41, 5.74) is 4.52. The molecule has 0 saturated carbocycles. The molecule has 1 aromatic carbocycles. The zero-order chi connectivity index (χ0) is 16.5. The van der Waals surface area contributed by atoms with Gasteiger partial charge < -0.3 is 14.7 Å². The van der Waals surface area contributed by atoms with Gasteiger partial charge in [-0.3, -0.25) is 4.79 Å². The Labute approximate surface area is 139 Å². The first-order valence-corrected chi connectivity index (χ1v) is 8.00. The van der Waals surface area contributed by atoms with Crippen LogP contribution in [0.3, 0.4) is 0 Å². The smallest absolute Gasteiger partial charge is 0.255 e. The van der Waals surface area contributed by atoms with E-state index in [1.165, 1.54) is 10.9 Å². The molecule has 0 saturated heterocycles. The lowest BCUT2D eigenvalue weighted by Gasteiger charge is -2.06. The van der Waals surface area contributed by atoms with Gasteiger partial charge in [-0.15, -0.1) is 0 Å². The van der Waals surface area contributed by atoms with Gasteiger partial charge in [0.15, 0.2) is 0 Å². The minimum absolute atomic E-state index is 0.0916. The number of H-pyrrole nitrogens is 1. The van der Waals surface area contributed by atoms with Crippen LogP contribution in [-0.4, -0.2) is 26.8 Å². The van der Waals surface area contributed by atoms with Gasteiger partial charge >= 0.3 is 0 Å². The number of imidazole rings is 1. The average molecular weight is 318 g/mol. The molecule has 0 aliphatic carbocycles. The topological polar surface area (TPSA) is 62.2 Å². The summed E-state index contributed by atoms with van der Waals surface area (Å²) in [4.78, 5) is 20.2. The molecule has 1 amide bonds. The van der Waals surface area contributed by atoms with Crippen molar-refractivity contribution in [1.29, 1.82) is 0 Å². The maximum absolute atomic E-state index is 12.5. The van der Waals surface area contributed by atoms with Crippen molar-refractivity contribution < 1.29 is 4.79 Å². The van der Waals surface area contributed by atoms with E-state index in [2.05, 4.69) is 27.4 Å². The number of amides is 1. The van der Waals surface area contributed by atoms with Crippen molar-refractivity contribution in [2.75, 3.05) is 6.54 Å². The molecule has 2 N–H and O–H groups in total. The van der Waals surface area contributed by atoms with Gasteiger partial charge in [0, 0.05) is 36.0 Å². The molecule has 4 aromatic rings. The third kappa shape index (κ3) is 2.54. The molecule has 5 nitrogen and oxygen atoms in total. The van der Waals surface area contributed by atoms with Crippen molar-refractivity contribution >= 4 is 22.5 Å². The van der Waals surface area contributed by atoms with E-state index in [1.54, 1.807) is 0 Å². The largest absolute Gasteiger partial charge is 0.361 e. The second kappa shape index (κ2) is 5.85. The van der Waals surface area contributed by atoms with Crippen molar-refractivity contribution in [2.24, 2.45) is 0 Å². The maximum atomic E-state index is 12.5. The van der Waals surface area contributed by atoms with Crippen molar-refractivity contribution in [3.8, 4) is 0 Å². The Morgan fingerprint density at radius 2 is 2.12 bits per heavy atom. The summed E-state index contributed by atoms with van der Waals surface area (Å²) in [6, 6.07) is 11.9. The Hall–Kier alpha value is -3.08. The van der Waals surface area contributed by atoms with Crippen LogP contribution in [0.15, 0.2) is 55.0 Å². The number of aromatic amines is 1. The van der Waals surface area contributed by atoms with E-state index in [9.17, 15) is 4.79 Å². The predicted octanol–water partition coefficient (Wildman–Crippen LogP) is 3.10. The summed E-state index contributed by atoms with van der Waals surface area (Å²) in [5.74, 6) is -0.0916. The average Bonchev–Trinajstić information content (AvgIpc) is 3.17. The molecule has 0 unspecified atom stereocenters. The molecule has 5 heteroatoms. The summed E-state index contributed by atoms with van der Waals surface area (Å²) >= 11 is 0. The second-order valence-electron chi connectivity index (χ2n) is 5.90. The van der Waals surface area contributed by atoms with E-state index >= 15 is 0 Å². The summed E-state index contributed by atoms with van der Waals surface area (Å²) in [6.07, 6.45) is 6.61. The van der Waals surface area contributed by atoms with E-state index in [1.807, 2.05) is 54.2 Å². The molecule has 3 heterocycles. The minimum atomic E-state index is -0.0916.